The molecule has 2 amide bonds. The summed E-state index contributed by atoms with van der Waals surface area (Å²) in [5, 5.41) is 18.2. The van der Waals surface area contributed by atoms with Crippen molar-refractivity contribution in [2.24, 2.45) is 0 Å². The van der Waals surface area contributed by atoms with Gasteiger partial charge in [0.15, 0.2) is 0 Å². The number of carbonyl (C=O) groups excluding carboxylic acids is 2. The van der Waals surface area contributed by atoms with Crippen LogP contribution >= 0.6 is 0 Å². The van der Waals surface area contributed by atoms with Crippen LogP contribution in [-0.4, -0.2) is 87.0 Å². The quantitative estimate of drug-likeness (QED) is 0.190. The summed E-state index contributed by atoms with van der Waals surface area (Å²) >= 11 is 0. The van der Waals surface area contributed by atoms with Crippen molar-refractivity contribution < 1.29 is 19.1 Å². The highest BCUT2D eigenvalue weighted by molar-refractivity contribution is 6.00. The SMILES string of the molecule is CNCCOCCOCCNC(=O)c1ccc(-n2nnc3c2-c2ccccc2N(C(=O)CCNC)Cc2ccccc2-3)cc1. The number of aromatic nitrogens is 3. The number of nitrogens with one attached hydrogen (secondary N) is 3. The van der Waals surface area contributed by atoms with Crippen LogP contribution in [0.3, 0.4) is 0 Å². The Morgan fingerprint density at radius 3 is 2.23 bits per heavy atom. The van der Waals surface area contributed by atoms with E-state index in [1.165, 1.54) is 0 Å². The number of amides is 2. The highest BCUT2D eigenvalue weighted by Gasteiger charge is 2.29. The van der Waals surface area contributed by atoms with Gasteiger partial charge in [-0.3, -0.25) is 9.59 Å². The number of fused-ring (bicyclic) bond motifs is 5. The van der Waals surface area contributed by atoms with Gasteiger partial charge in [-0.15, -0.1) is 5.10 Å². The molecule has 11 nitrogen and oxygen atoms in total. The molecule has 44 heavy (non-hydrogen) atoms. The van der Waals surface area contributed by atoms with E-state index in [4.69, 9.17) is 9.47 Å². The molecule has 1 aromatic heterocycles. The standard InChI is InChI=1S/C33H39N7O4/c1-34-16-15-30(41)39-23-25-7-3-4-8-27(25)31-32(28-9-5-6-10-29(28)39)40(38-37-31)26-13-11-24(12-14-26)33(42)36-18-20-44-22-21-43-19-17-35-2/h3-14,34-35H,15-23H2,1-2H3,(H,36,42). The number of anilines is 1. The number of benzene rings is 3. The van der Waals surface area contributed by atoms with E-state index in [1.807, 2.05) is 79.7 Å². The average Bonchev–Trinajstić information content (AvgIpc) is 3.49. The van der Waals surface area contributed by atoms with Crippen molar-refractivity contribution in [2.75, 3.05) is 65.1 Å². The first kappa shape index (κ1) is 31.0. The molecule has 0 atom stereocenters. The fraction of sp³-hybridized carbons (Fsp3) is 0.333. The minimum Gasteiger partial charge on any atom is -0.378 e. The van der Waals surface area contributed by atoms with Crippen LogP contribution in [0.2, 0.25) is 0 Å². The Bertz CT molecular complexity index is 1550. The molecule has 0 saturated carbocycles. The smallest absolute Gasteiger partial charge is 0.251 e. The van der Waals surface area contributed by atoms with E-state index in [1.54, 1.807) is 16.8 Å². The third-order valence-corrected chi connectivity index (χ3v) is 7.39. The molecule has 0 aliphatic carbocycles. The number of likely N-dealkylation sites (N-methyl/N-ethyl adjacent to an activating group) is 1. The third kappa shape index (κ3) is 7.20. The number of para-hydroxylation sites is 1. The zero-order valence-corrected chi connectivity index (χ0v) is 25.2. The van der Waals surface area contributed by atoms with Crippen molar-refractivity contribution in [3.8, 4) is 28.2 Å². The van der Waals surface area contributed by atoms with Crippen molar-refractivity contribution in [3.05, 3.63) is 83.9 Å². The van der Waals surface area contributed by atoms with Gasteiger partial charge in [-0.05, 0) is 50.0 Å². The van der Waals surface area contributed by atoms with Crippen molar-refractivity contribution in [2.45, 2.75) is 13.0 Å². The normalized spacial score (nSPS) is 12.1. The Morgan fingerprint density at radius 2 is 1.48 bits per heavy atom. The van der Waals surface area contributed by atoms with Gasteiger partial charge in [0.05, 0.1) is 44.3 Å². The molecule has 1 aliphatic rings. The largest absolute Gasteiger partial charge is 0.378 e. The Balaban J connectivity index is 1.37. The second kappa shape index (κ2) is 15.3. The molecule has 3 N–H and O–H groups in total. The lowest BCUT2D eigenvalue weighted by Gasteiger charge is -2.28. The van der Waals surface area contributed by atoms with E-state index in [-0.39, 0.29) is 11.8 Å². The fourth-order valence-electron chi connectivity index (χ4n) is 5.12. The van der Waals surface area contributed by atoms with Gasteiger partial charge >= 0.3 is 0 Å². The van der Waals surface area contributed by atoms with E-state index in [0.717, 1.165) is 46.0 Å². The second-order valence-electron chi connectivity index (χ2n) is 10.3. The minimum atomic E-state index is -0.186. The van der Waals surface area contributed by atoms with E-state index in [2.05, 4.69) is 26.3 Å². The Labute approximate surface area is 257 Å². The molecule has 3 aromatic carbocycles. The number of rotatable bonds is 14. The summed E-state index contributed by atoms with van der Waals surface area (Å²) in [5.41, 5.74) is 6.37. The maximum absolute atomic E-state index is 13.5. The summed E-state index contributed by atoms with van der Waals surface area (Å²) in [6, 6.07) is 23.1. The molecule has 11 heteroatoms. The maximum atomic E-state index is 13.5. The van der Waals surface area contributed by atoms with Crippen LogP contribution in [0.4, 0.5) is 5.69 Å². The predicted molar refractivity (Wildman–Crippen MR) is 170 cm³/mol. The number of hydrogen-bond acceptors (Lipinski definition) is 8. The topological polar surface area (TPSA) is 123 Å². The highest BCUT2D eigenvalue weighted by atomic mass is 16.5. The molecule has 0 spiro atoms. The number of hydrogen-bond donors (Lipinski definition) is 3. The third-order valence-electron chi connectivity index (χ3n) is 7.39. The van der Waals surface area contributed by atoms with Gasteiger partial charge in [0.25, 0.3) is 5.91 Å². The van der Waals surface area contributed by atoms with Gasteiger partial charge in [-0.25, -0.2) is 4.68 Å². The summed E-state index contributed by atoms with van der Waals surface area (Å²) in [7, 11) is 3.72. The van der Waals surface area contributed by atoms with E-state index >= 15 is 0 Å². The summed E-state index contributed by atoms with van der Waals surface area (Å²) in [4.78, 5) is 28.1. The van der Waals surface area contributed by atoms with Gasteiger partial charge in [-0.2, -0.15) is 0 Å². The first-order valence-electron chi connectivity index (χ1n) is 14.9. The summed E-state index contributed by atoms with van der Waals surface area (Å²) in [5.74, 6) is -0.156. The predicted octanol–water partition coefficient (Wildman–Crippen LogP) is 3.04. The number of carbonyl (C=O) groups is 2. The lowest BCUT2D eigenvalue weighted by molar-refractivity contribution is -0.118. The van der Waals surface area contributed by atoms with Gasteiger partial charge in [0.2, 0.25) is 5.91 Å². The summed E-state index contributed by atoms with van der Waals surface area (Å²) in [6.07, 6.45) is 0.373. The van der Waals surface area contributed by atoms with Crippen molar-refractivity contribution >= 4 is 17.5 Å². The Morgan fingerprint density at radius 1 is 0.795 bits per heavy atom. The molecule has 0 unspecified atom stereocenters. The van der Waals surface area contributed by atoms with Crippen LogP contribution in [0.1, 0.15) is 22.3 Å². The van der Waals surface area contributed by atoms with Gasteiger partial charge in [0.1, 0.15) is 11.4 Å². The van der Waals surface area contributed by atoms with Crippen molar-refractivity contribution in [3.63, 3.8) is 0 Å². The zero-order valence-electron chi connectivity index (χ0n) is 25.2. The zero-order chi connectivity index (χ0) is 30.7. The van der Waals surface area contributed by atoms with Crippen LogP contribution < -0.4 is 20.9 Å². The van der Waals surface area contributed by atoms with Crippen LogP contribution in [0, 0.1) is 0 Å². The minimum absolute atomic E-state index is 0.0303. The van der Waals surface area contributed by atoms with Crippen molar-refractivity contribution in [1.29, 1.82) is 0 Å². The van der Waals surface area contributed by atoms with Gasteiger partial charge in [0, 0.05) is 42.7 Å². The monoisotopic (exact) mass is 597 g/mol. The van der Waals surface area contributed by atoms with Crippen LogP contribution in [-0.2, 0) is 20.8 Å². The maximum Gasteiger partial charge on any atom is 0.251 e. The van der Waals surface area contributed by atoms with Gasteiger partial charge < -0.3 is 30.3 Å². The lowest BCUT2D eigenvalue weighted by atomic mass is 9.95. The second-order valence-corrected chi connectivity index (χ2v) is 10.3. The summed E-state index contributed by atoms with van der Waals surface area (Å²) < 4.78 is 12.7. The number of nitrogens with zero attached hydrogens (tertiary/aromatic N) is 4. The van der Waals surface area contributed by atoms with Crippen LogP contribution in [0.5, 0.6) is 0 Å². The van der Waals surface area contributed by atoms with Crippen molar-refractivity contribution in [1.82, 2.24) is 30.9 Å². The molecule has 5 rings (SSSR count). The van der Waals surface area contributed by atoms with Gasteiger partial charge in [-0.1, -0.05) is 47.7 Å². The Hall–Kier alpha value is -4.42. The molecule has 4 aromatic rings. The molecule has 0 radical (unpaired) electrons. The van der Waals surface area contributed by atoms with Crippen LogP contribution in [0.25, 0.3) is 28.2 Å². The molecule has 230 valence electrons. The molecular formula is C33H39N7O4. The average molecular weight is 598 g/mol. The number of ether oxygens (including phenoxy) is 2. The van der Waals surface area contributed by atoms with E-state index in [9.17, 15) is 9.59 Å². The molecular weight excluding hydrogens is 558 g/mol. The molecule has 0 fully saturated rings. The first-order valence-corrected chi connectivity index (χ1v) is 14.9. The lowest BCUT2D eigenvalue weighted by Crippen LogP contribution is -2.33. The van der Waals surface area contributed by atoms with E-state index in [0.29, 0.717) is 58.0 Å². The molecule has 0 saturated heterocycles. The molecule has 1 aliphatic heterocycles. The summed E-state index contributed by atoms with van der Waals surface area (Å²) in [6.45, 7) is 4.25. The van der Waals surface area contributed by atoms with E-state index < -0.39 is 0 Å². The molecule has 2 heterocycles. The highest BCUT2D eigenvalue weighted by Crippen LogP contribution is 2.42. The first-order chi connectivity index (χ1) is 21.6. The Kier molecular flexibility index (Phi) is 10.8. The van der Waals surface area contributed by atoms with Crippen LogP contribution in [0.15, 0.2) is 72.8 Å². The fourth-order valence-corrected chi connectivity index (χ4v) is 5.12. The molecule has 0 bridgehead atoms.